The summed E-state index contributed by atoms with van der Waals surface area (Å²) < 4.78 is 7.16. The highest BCUT2D eigenvalue weighted by atomic mass is 16.5. The molecule has 0 saturated carbocycles. The molecular weight excluding hydrogens is 506 g/mol. The number of aromatic nitrogens is 6. The molecule has 4 aromatic heterocycles. The first-order valence-corrected chi connectivity index (χ1v) is 12.4. The van der Waals surface area contributed by atoms with Gasteiger partial charge in [0, 0.05) is 48.7 Å². The van der Waals surface area contributed by atoms with Crippen LogP contribution in [0.3, 0.4) is 0 Å². The summed E-state index contributed by atoms with van der Waals surface area (Å²) in [5.74, 6) is 0.0773. The maximum Gasteiger partial charge on any atom is 0.321 e. The monoisotopic (exact) mass is 527 g/mol. The molecule has 0 spiro atoms. The highest BCUT2D eigenvalue weighted by Gasteiger charge is 2.15. The van der Waals surface area contributed by atoms with Gasteiger partial charge in [-0.1, -0.05) is 18.2 Å². The minimum atomic E-state index is -0.348. The lowest BCUT2D eigenvalue weighted by Gasteiger charge is -2.13. The second-order valence-electron chi connectivity index (χ2n) is 8.75. The van der Waals surface area contributed by atoms with Crippen LogP contribution < -0.4 is 15.6 Å². The Hall–Kier alpha value is -5.77. The molecule has 0 aliphatic heterocycles. The Labute approximate surface area is 228 Å². The van der Waals surface area contributed by atoms with E-state index in [-0.39, 0.29) is 17.5 Å². The lowest BCUT2D eigenvalue weighted by molar-refractivity contribution is 0.102. The highest BCUT2D eigenvalue weighted by molar-refractivity contribution is 6.04. The number of benzene rings is 2. The number of nitrogens with one attached hydrogen (secondary N) is 1. The standard InChI is InChI=1S/C30H21N7O3/c38-28(21-7-1-10-24(17-21)40-30-33-14-5-15-34-30)35-22-8-2-9-23(18-22)37-27-25(11-4-13-32-27)36-26(29(37)39)16-20-6-3-12-31-19-20/h1-15,17-19H,16H2,(H,35,38). The number of nitrogens with zero attached hydrogens (tertiary/aromatic N) is 6. The van der Waals surface area contributed by atoms with Gasteiger partial charge in [-0.2, -0.15) is 0 Å². The maximum absolute atomic E-state index is 13.7. The van der Waals surface area contributed by atoms with Crippen molar-refractivity contribution in [3.8, 4) is 17.4 Å². The summed E-state index contributed by atoms with van der Waals surface area (Å²) in [4.78, 5) is 48.0. The summed E-state index contributed by atoms with van der Waals surface area (Å²) in [5.41, 5.74) is 3.35. The number of rotatable bonds is 7. The third kappa shape index (κ3) is 5.27. The number of carbonyl (C=O) groups excluding carboxylic acids is 1. The summed E-state index contributed by atoms with van der Waals surface area (Å²) in [6.45, 7) is 0. The Morgan fingerprint density at radius 1 is 0.850 bits per heavy atom. The summed E-state index contributed by atoms with van der Waals surface area (Å²) in [6, 6.07) is 22.9. The van der Waals surface area contributed by atoms with Crippen molar-refractivity contribution in [2.75, 3.05) is 5.32 Å². The lowest BCUT2D eigenvalue weighted by atomic mass is 10.1. The van der Waals surface area contributed by atoms with Crippen LogP contribution in [0.1, 0.15) is 21.6 Å². The van der Waals surface area contributed by atoms with E-state index < -0.39 is 0 Å². The molecule has 1 N–H and O–H groups in total. The Morgan fingerprint density at radius 2 is 1.68 bits per heavy atom. The van der Waals surface area contributed by atoms with E-state index in [0.717, 1.165) is 5.56 Å². The molecule has 6 rings (SSSR count). The van der Waals surface area contributed by atoms with Crippen LogP contribution in [0, 0.1) is 0 Å². The molecular formula is C30H21N7O3. The van der Waals surface area contributed by atoms with Crippen molar-refractivity contribution in [1.29, 1.82) is 0 Å². The Balaban J connectivity index is 1.31. The van der Waals surface area contributed by atoms with Gasteiger partial charge in [0.1, 0.15) is 17.0 Å². The smallest absolute Gasteiger partial charge is 0.321 e. The van der Waals surface area contributed by atoms with Crippen molar-refractivity contribution in [2.24, 2.45) is 0 Å². The number of amides is 1. The fraction of sp³-hybridized carbons (Fsp3) is 0.0333. The number of anilines is 1. The van der Waals surface area contributed by atoms with Crippen molar-refractivity contribution in [2.45, 2.75) is 6.42 Å². The van der Waals surface area contributed by atoms with Crippen molar-refractivity contribution in [3.63, 3.8) is 0 Å². The van der Waals surface area contributed by atoms with E-state index in [1.165, 1.54) is 4.57 Å². The average Bonchev–Trinajstić information content (AvgIpc) is 2.99. The van der Waals surface area contributed by atoms with Gasteiger partial charge in [-0.05, 0) is 66.2 Å². The van der Waals surface area contributed by atoms with Crippen molar-refractivity contribution >= 4 is 22.8 Å². The van der Waals surface area contributed by atoms with Crippen LogP contribution in [0.2, 0.25) is 0 Å². The number of hydrogen-bond acceptors (Lipinski definition) is 8. The molecule has 0 fully saturated rings. The van der Waals surface area contributed by atoms with Gasteiger partial charge in [-0.25, -0.2) is 19.9 Å². The molecule has 194 valence electrons. The van der Waals surface area contributed by atoms with E-state index >= 15 is 0 Å². The largest absolute Gasteiger partial charge is 0.424 e. The summed E-state index contributed by atoms with van der Waals surface area (Å²) in [7, 11) is 0. The zero-order valence-electron chi connectivity index (χ0n) is 21.0. The first-order chi connectivity index (χ1) is 19.6. The number of pyridine rings is 2. The van der Waals surface area contributed by atoms with Gasteiger partial charge in [0.25, 0.3) is 11.5 Å². The molecule has 4 heterocycles. The maximum atomic E-state index is 13.7. The average molecular weight is 528 g/mol. The highest BCUT2D eigenvalue weighted by Crippen LogP contribution is 2.21. The number of carbonyl (C=O) groups is 1. The lowest BCUT2D eigenvalue weighted by Crippen LogP contribution is -2.25. The molecule has 6 aromatic rings. The van der Waals surface area contributed by atoms with Crippen molar-refractivity contribution < 1.29 is 9.53 Å². The minimum absolute atomic E-state index is 0.180. The van der Waals surface area contributed by atoms with E-state index in [0.29, 0.717) is 46.0 Å². The molecule has 0 radical (unpaired) electrons. The minimum Gasteiger partial charge on any atom is -0.424 e. The van der Waals surface area contributed by atoms with Crippen LogP contribution in [0.15, 0.2) is 115 Å². The second kappa shape index (κ2) is 10.9. The quantitative estimate of drug-likeness (QED) is 0.319. The Kier molecular flexibility index (Phi) is 6.70. The van der Waals surface area contributed by atoms with Gasteiger partial charge in [0.2, 0.25) is 0 Å². The molecule has 2 aromatic carbocycles. The third-order valence-electron chi connectivity index (χ3n) is 5.99. The zero-order chi connectivity index (χ0) is 27.3. The van der Waals surface area contributed by atoms with Crippen molar-refractivity contribution in [1.82, 2.24) is 29.5 Å². The first kappa shape index (κ1) is 24.6. The van der Waals surface area contributed by atoms with Gasteiger partial charge < -0.3 is 10.1 Å². The zero-order valence-corrected chi connectivity index (χ0v) is 21.0. The van der Waals surface area contributed by atoms with Crippen molar-refractivity contribution in [3.05, 3.63) is 137 Å². The second-order valence-corrected chi connectivity index (χ2v) is 8.75. The molecule has 1 amide bonds. The van der Waals surface area contributed by atoms with E-state index in [1.54, 1.807) is 91.6 Å². The number of ether oxygens (including phenoxy) is 1. The molecule has 0 bridgehead atoms. The molecule has 40 heavy (non-hydrogen) atoms. The van der Waals surface area contributed by atoms with Crippen LogP contribution in [0.4, 0.5) is 5.69 Å². The van der Waals surface area contributed by atoms with Gasteiger partial charge in [-0.3, -0.25) is 19.1 Å². The Bertz CT molecular complexity index is 1880. The molecule has 0 aliphatic rings. The molecule has 0 atom stereocenters. The van der Waals surface area contributed by atoms with Crippen LogP contribution in [-0.4, -0.2) is 35.4 Å². The van der Waals surface area contributed by atoms with E-state index in [1.807, 2.05) is 18.2 Å². The van der Waals surface area contributed by atoms with Crippen LogP contribution >= 0.6 is 0 Å². The fourth-order valence-corrected chi connectivity index (χ4v) is 4.19. The van der Waals surface area contributed by atoms with E-state index in [4.69, 9.17) is 4.74 Å². The number of fused-ring (bicyclic) bond motifs is 1. The predicted octanol–water partition coefficient (Wildman–Crippen LogP) is 4.60. The molecule has 10 heteroatoms. The predicted molar refractivity (Wildman–Crippen MR) is 149 cm³/mol. The normalized spacial score (nSPS) is 10.8. The molecule has 0 unspecified atom stereocenters. The Morgan fingerprint density at radius 3 is 2.52 bits per heavy atom. The molecule has 0 aliphatic carbocycles. The van der Waals surface area contributed by atoms with Gasteiger partial charge in [0.15, 0.2) is 5.65 Å². The van der Waals surface area contributed by atoms with Gasteiger partial charge >= 0.3 is 6.01 Å². The summed E-state index contributed by atoms with van der Waals surface area (Å²) in [5, 5.41) is 2.90. The third-order valence-corrected chi connectivity index (χ3v) is 5.99. The molecule has 10 nitrogen and oxygen atoms in total. The van der Waals surface area contributed by atoms with Gasteiger partial charge in [0.05, 0.1) is 5.69 Å². The fourth-order valence-electron chi connectivity index (χ4n) is 4.19. The first-order valence-electron chi connectivity index (χ1n) is 12.4. The van der Waals surface area contributed by atoms with Crippen LogP contribution in [-0.2, 0) is 6.42 Å². The molecule has 0 saturated heterocycles. The summed E-state index contributed by atoms with van der Waals surface area (Å²) >= 11 is 0. The topological polar surface area (TPSA) is 125 Å². The van der Waals surface area contributed by atoms with Gasteiger partial charge in [-0.15, -0.1) is 0 Å². The van der Waals surface area contributed by atoms with Crippen LogP contribution in [0.5, 0.6) is 11.8 Å². The number of hydrogen-bond donors (Lipinski definition) is 1. The van der Waals surface area contributed by atoms with Crippen LogP contribution in [0.25, 0.3) is 16.9 Å². The SMILES string of the molecule is O=C(Nc1cccc(-n2c(=O)c(Cc3cccnc3)nc3cccnc32)c1)c1cccc(Oc2ncccn2)c1. The summed E-state index contributed by atoms with van der Waals surface area (Å²) in [6.07, 6.45) is 8.46. The van der Waals surface area contributed by atoms with E-state index in [9.17, 15) is 9.59 Å². The van der Waals surface area contributed by atoms with E-state index in [2.05, 4.69) is 30.2 Å².